The lowest BCUT2D eigenvalue weighted by Gasteiger charge is -2.35. The SMILES string of the molecule is COc1ccc(Cl)c(C(=O)N2CCCCC2c2cc3nc(N4CC(O)C(C#N)C4)c(C)cn3n2)c1. The molecular formula is C25H27ClN6O3. The molecule has 2 fully saturated rings. The normalized spacial score (nSPS) is 22.4. The highest BCUT2D eigenvalue weighted by Gasteiger charge is 2.34. The van der Waals surface area contributed by atoms with Crippen molar-refractivity contribution >= 4 is 29.0 Å². The number of aliphatic hydroxyl groups excluding tert-OH is 1. The van der Waals surface area contributed by atoms with Crippen LogP contribution in [0.1, 0.15) is 46.9 Å². The largest absolute Gasteiger partial charge is 0.497 e. The van der Waals surface area contributed by atoms with Gasteiger partial charge in [0.05, 0.1) is 47.5 Å². The van der Waals surface area contributed by atoms with Crippen LogP contribution in [0.5, 0.6) is 5.75 Å². The molecule has 0 saturated carbocycles. The minimum atomic E-state index is -0.692. The number of fused-ring (bicyclic) bond motifs is 1. The zero-order valence-corrected chi connectivity index (χ0v) is 20.4. The van der Waals surface area contributed by atoms with Crippen LogP contribution in [-0.2, 0) is 0 Å². The Morgan fingerprint density at radius 2 is 2.11 bits per heavy atom. The number of hydrogen-bond acceptors (Lipinski definition) is 7. The van der Waals surface area contributed by atoms with Crippen molar-refractivity contribution in [1.29, 1.82) is 5.26 Å². The Labute approximate surface area is 208 Å². The van der Waals surface area contributed by atoms with Gasteiger partial charge in [0.25, 0.3) is 5.91 Å². The molecule has 1 N–H and O–H groups in total. The average molecular weight is 495 g/mol. The minimum absolute atomic E-state index is 0.144. The van der Waals surface area contributed by atoms with Gasteiger partial charge in [-0.05, 0) is 44.4 Å². The van der Waals surface area contributed by atoms with Crippen LogP contribution in [0.3, 0.4) is 0 Å². The number of aromatic nitrogens is 3. The van der Waals surface area contributed by atoms with Gasteiger partial charge in [-0.3, -0.25) is 4.79 Å². The summed E-state index contributed by atoms with van der Waals surface area (Å²) in [5, 5.41) is 24.6. The van der Waals surface area contributed by atoms with Crippen molar-refractivity contribution in [2.45, 2.75) is 38.3 Å². The first kappa shape index (κ1) is 23.4. The van der Waals surface area contributed by atoms with Crippen LogP contribution in [0.25, 0.3) is 5.65 Å². The highest BCUT2D eigenvalue weighted by Crippen LogP contribution is 2.34. The van der Waals surface area contributed by atoms with Crippen molar-refractivity contribution in [3.63, 3.8) is 0 Å². The summed E-state index contributed by atoms with van der Waals surface area (Å²) in [6.07, 6.45) is 3.92. The number of aryl methyl sites for hydroxylation is 1. The maximum atomic E-state index is 13.5. The molecule has 3 unspecified atom stereocenters. The lowest BCUT2D eigenvalue weighted by atomic mass is 9.98. The van der Waals surface area contributed by atoms with Crippen molar-refractivity contribution < 1.29 is 14.6 Å². The van der Waals surface area contributed by atoms with Gasteiger partial charge in [-0.25, -0.2) is 9.50 Å². The second kappa shape index (κ2) is 9.36. The second-order valence-corrected chi connectivity index (χ2v) is 9.59. The number of hydrogen-bond donors (Lipinski definition) is 1. The molecule has 182 valence electrons. The molecule has 2 aromatic heterocycles. The molecule has 0 spiro atoms. The van der Waals surface area contributed by atoms with E-state index in [-0.39, 0.29) is 11.9 Å². The van der Waals surface area contributed by atoms with Gasteiger partial charge in [0.2, 0.25) is 0 Å². The molecule has 3 aromatic rings. The van der Waals surface area contributed by atoms with E-state index in [1.165, 1.54) is 0 Å². The molecule has 1 aromatic carbocycles. The van der Waals surface area contributed by atoms with Crippen LogP contribution >= 0.6 is 11.6 Å². The summed E-state index contributed by atoms with van der Waals surface area (Å²) in [7, 11) is 1.56. The fraction of sp³-hybridized carbons (Fsp3) is 0.440. The average Bonchev–Trinajstić information content (AvgIpc) is 3.45. The molecule has 0 bridgehead atoms. The van der Waals surface area contributed by atoms with Crippen LogP contribution in [0.15, 0.2) is 30.5 Å². The lowest BCUT2D eigenvalue weighted by molar-refractivity contribution is 0.0605. The Hall–Kier alpha value is -3.35. The van der Waals surface area contributed by atoms with Crippen LogP contribution in [0, 0.1) is 24.2 Å². The molecular weight excluding hydrogens is 468 g/mol. The van der Waals surface area contributed by atoms with E-state index < -0.39 is 12.0 Å². The summed E-state index contributed by atoms with van der Waals surface area (Å²) >= 11 is 6.38. The quantitative estimate of drug-likeness (QED) is 0.592. The molecule has 2 aliphatic rings. The fourth-order valence-corrected chi connectivity index (χ4v) is 5.22. The van der Waals surface area contributed by atoms with Crippen LogP contribution in [-0.4, -0.2) is 63.4 Å². The van der Waals surface area contributed by atoms with Crippen molar-refractivity contribution in [2.75, 3.05) is 31.6 Å². The standard InChI is InChI=1S/C25H27ClN6O3/c1-15-12-32-23(28-24(15)30-13-16(11-27)22(33)14-30)10-20(29-32)21-5-3-4-8-31(21)25(34)18-9-17(35-2)6-7-19(18)26/h6-7,9-10,12,16,21-22,33H,3-5,8,13-14H2,1-2H3. The molecule has 35 heavy (non-hydrogen) atoms. The van der Waals surface area contributed by atoms with E-state index in [1.807, 2.05) is 29.0 Å². The molecule has 1 amide bonds. The minimum Gasteiger partial charge on any atom is -0.497 e. The van der Waals surface area contributed by atoms with Crippen LogP contribution < -0.4 is 9.64 Å². The number of carbonyl (C=O) groups excluding carboxylic acids is 1. The number of halogens is 1. The van der Waals surface area contributed by atoms with Gasteiger partial charge < -0.3 is 19.6 Å². The van der Waals surface area contributed by atoms with Crippen molar-refractivity contribution in [3.05, 3.63) is 52.3 Å². The van der Waals surface area contributed by atoms with Gasteiger partial charge in [0.1, 0.15) is 11.6 Å². The zero-order chi connectivity index (χ0) is 24.7. The highest BCUT2D eigenvalue weighted by atomic mass is 35.5. The van der Waals surface area contributed by atoms with Crippen molar-refractivity contribution in [1.82, 2.24) is 19.5 Å². The number of aliphatic hydroxyl groups is 1. The van der Waals surface area contributed by atoms with E-state index in [1.54, 1.807) is 29.8 Å². The third-order valence-electron chi connectivity index (χ3n) is 6.89. The zero-order valence-electron chi connectivity index (χ0n) is 19.7. The molecule has 0 radical (unpaired) electrons. The fourth-order valence-electron chi connectivity index (χ4n) is 5.02. The number of methoxy groups -OCH3 is 1. The smallest absolute Gasteiger partial charge is 0.256 e. The molecule has 2 aliphatic heterocycles. The van der Waals surface area contributed by atoms with Crippen molar-refractivity contribution in [3.8, 4) is 11.8 Å². The van der Waals surface area contributed by atoms with Gasteiger partial charge in [0, 0.05) is 37.5 Å². The van der Waals surface area contributed by atoms with E-state index in [9.17, 15) is 15.2 Å². The van der Waals surface area contributed by atoms with Gasteiger partial charge >= 0.3 is 0 Å². The first-order valence-corrected chi connectivity index (χ1v) is 12.1. The van der Waals surface area contributed by atoms with E-state index in [4.69, 9.17) is 26.4 Å². The number of piperidine rings is 1. The summed E-state index contributed by atoms with van der Waals surface area (Å²) in [6.45, 7) is 3.37. The summed E-state index contributed by atoms with van der Waals surface area (Å²) in [5.41, 5.74) is 2.75. The maximum absolute atomic E-state index is 13.5. The van der Waals surface area contributed by atoms with Crippen LogP contribution in [0.4, 0.5) is 5.82 Å². The van der Waals surface area contributed by atoms with E-state index in [0.29, 0.717) is 41.6 Å². The molecule has 9 nitrogen and oxygen atoms in total. The summed E-state index contributed by atoms with van der Waals surface area (Å²) < 4.78 is 7.03. The third kappa shape index (κ3) is 4.28. The Bertz CT molecular complexity index is 1320. The number of nitrogens with zero attached hydrogens (tertiary/aromatic N) is 6. The molecule has 5 rings (SSSR count). The number of amides is 1. The molecule has 4 heterocycles. The topological polar surface area (TPSA) is 107 Å². The second-order valence-electron chi connectivity index (χ2n) is 9.18. The Morgan fingerprint density at radius 1 is 1.29 bits per heavy atom. The highest BCUT2D eigenvalue weighted by molar-refractivity contribution is 6.33. The molecule has 2 saturated heterocycles. The molecule has 10 heteroatoms. The number of carbonyl (C=O) groups is 1. The Kier molecular flexibility index (Phi) is 6.26. The monoisotopic (exact) mass is 494 g/mol. The maximum Gasteiger partial charge on any atom is 0.256 e. The first-order valence-electron chi connectivity index (χ1n) is 11.7. The van der Waals surface area contributed by atoms with Crippen molar-refractivity contribution in [2.24, 2.45) is 5.92 Å². The number of ether oxygens (including phenoxy) is 1. The summed E-state index contributed by atoms with van der Waals surface area (Å²) in [6, 6.07) is 8.98. The van der Waals surface area contributed by atoms with Gasteiger partial charge in [0.15, 0.2) is 5.65 Å². The lowest BCUT2D eigenvalue weighted by Crippen LogP contribution is -2.38. The summed E-state index contributed by atoms with van der Waals surface area (Å²) in [4.78, 5) is 22.1. The number of β-amino-alcohol motifs (C(OH)–C–C–N with tert-alkyl or cyclic N) is 1. The van der Waals surface area contributed by atoms with Gasteiger partial charge in [-0.15, -0.1) is 0 Å². The number of rotatable bonds is 4. The third-order valence-corrected chi connectivity index (χ3v) is 7.22. The number of benzene rings is 1. The predicted molar refractivity (Wildman–Crippen MR) is 131 cm³/mol. The number of likely N-dealkylation sites (tertiary alicyclic amines) is 1. The molecule has 0 aliphatic carbocycles. The first-order chi connectivity index (χ1) is 16.9. The van der Waals surface area contributed by atoms with E-state index in [0.717, 1.165) is 36.3 Å². The van der Waals surface area contributed by atoms with Gasteiger partial charge in [-0.1, -0.05) is 11.6 Å². The Balaban J connectivity index is 1.47. The summed E-state index contributed by atoms with van der Waals surface area (Å²) in [5.74, 6) is 0.740. The van der Waals surface area contributed by atoms with E-state index >= 15 is 0 Å². The van der Waals surface area contributed by atoms with E-state index in [2.05, 4.69) is 6.07 Å². The Morgan fingerprint density at radius 3 is 2.86 bits per heavy atom. The van der Waals surface area contributed by atoms with Crippen LogP contribution in [0.2, 0.25) is 5.02 Å². The molecule has 3 atom stereocenters. The number of anilines is 1. The van der Waals surface area contributed by atoms with Gasteiger partial charge in [-0.2, -0.15) is 10.4 Å². The predicted octanol–water partition coefficient (Wildman–Crippen LogP) is 3.39. The number of nitriles is 1.